The maximum Gasteiger partial charge on any atom is 0.120 e. The molecular formula is C17H18N2O2. The van der Waals surface area contributed by atoms with Gasteiger partial charge in [0.25, 0.3) is 0 Å². The lowest BCUT2D eigenvalue weighted by molar-refractivity contribution is 0.300. The van der Waals surface area contributed by atoms with E-state index in [-0.39, 0.29) is 0 Å². The fourth-order valence-electron chi connectivity index (χ4n) is 1.75. The molecule has 0 saturated carbocycles. The molecule has 21 heavy (non-hydrogen) atoms. The maximum atomic E-state index is 8.74. The Morgan fingerprint density at radius 2 is 1.52 bits per heavy atom. The van der Waals surface area contributed by atoms with Crippen LogP contribution in [0, 0.1) is 11.3 Å². The van der Waals surface area contributed by atoms with Gasteiger partial charge in [0.15, 0.2) is 0 Å². The summed E-state index contributed by atoms with van der Waals surface area (Å²) >= 11 is 0. The molecule has 0 radical (unpaired) electrons. The van der Waals surface area contributed by atoms with Gasteiger partial charge in [0, 0.05) is 0 Å². The molecule has 0 bridgehead atoms. The van der Waals surface area contributed by atoms with Gasteiger partial charge in [-0.2, -0.15) is 5.26 Å². The highest BCUT2D eigenvalue weighted by Gasteiger charge is 1.98. The molecule has 2 aromatic carbocycles. The summed E-state index contributed by atoms with van der Waals surface area (Å²) in [5.74, 6) is 1.60. The normalized spacial score (nSPS) is 9.90. The fraction of sp³-hybridized carbons (Fsp3) is 0.235. The maximum absolute atomic E-state index is 8.74. The quantitative estimate of drug-likeness (QED) is 0.793. The van der Waals surface area contributed by atoms with Crippen molar-refractivity contribution in [2.45, 2.75) is 13.0 Å². The standard InChI is InChI=1S/C17H18N2O2/c18-10-1-11-20-16-6-8-17(9-7-16)21-13-15-4-2-14(12-19)3-5-15/h2-9H,1,10-11,13,18H2. The Hall–Kier alpha value is -2.51. The number of rotatable bonds is 7. The van der Waals surface area contributed by atoms with Crippen LogP contribution < -0.4 is 15.2 Å². The Labute approximate surface area is 124 Å². The van der Waals surface area contributed by atoms with Crippen molar-refractivity contribution in [3.63, 3.8) is 0 Å². The van der Waals surface area contributed by atoms with E-state index in [0.29, 0.717) is 25.3 Å². The highest BCUT2D eigenvalue weighted by atomic mass is 16.5. The van der Waals surface area contributed by atoms with Crippen LogP contribution in [0.2, 0.25) is 0 Å². The number of hydrogen-bond donors (Lipinski definition) is 1. The molecule has 0 aromatic heterocycles. The molecule has 0 unspecified atom stereocenters. The first-order valence-electron chi connectivity index (χ1n) is 6.86. The van der Waals surface area contributed by atoms with E-state index in [1.54, 1.807) is 12.1 Å². The number of nitriles is 1. The number of nitrogens with zero attached hydrogens (tertiary/aromatic N) is 1. The Kier molecular flexibility index (Phi) is 5.62. The molecule has 0 amide bonds. The van der Waals surface area contributed by atoms with Crippen molar-refractivity contribution in [2.75, 3.05) is 13.2 Å². The van der Waals surface area contributed by atoms with E-state index in [1.807, 2.05) is 36.4 Å². The highest BCUT2D eigenvalue weighted by molar-refractivity contribution is 5.33. The van der Waals surface area contributed by atoms with Crippen LogP contribution in [-0.2, 0) is 6.61 Å². The topological polar surface area (TPSA) is 68.3 Å². The van der Waals surface area contributed by atoms with E-state index in [4.69, 9.17) is 20.5 Å². The van der Waals surface area contributed by atoms with Gasteiger partial charge in [-0.25, -0.2) is 0 Å². The summed E-state index contributed by atoms with van der Waals surface area (Å²) in [4.78, 5) is 0. The number of benzene rings is 2. The molecule has 4 heteroatoms. The summed E-state index contributed by atoms with van der Waals surface area (Å²) in [6.45, 7) is 1.73. The smallest absolute Gasteiger partial charge is 0.120 e. The van der Waals surface area contributed by atoms with Gasteiger partial charge in [0.05, 0.1) is 18.2 Å². The van der Waals surface area contributed by atoms with Gasteiger partial charge >= 0.3 is 0 Å². The summed E-state index contributed by atoms with van der Waals surface area (Å²) in [5.41, 5.74) is 7.09. The number of nitrogens with two attached hydrogens (primary N) is 1. The molecule has 0 fully saturated rings. The molecule has 2 rings (SSSR count). The van der Waals surface area contributed by atoms with Crippen molar-refractivity contribution in [3.8, 4) is 17.6 Å². The Balaban J connectivity index is 1.84. The second kappa shape index (κ2) is 7.93. The van der Waals surface area contributed by atoms with Crippen molar-refractivity contribution in [1.29, 1.82) is 5.26 Å². The lowest BCUT2D eigenvalue weighted by Gasteiger charge is -2.08. The minimum Gasteiger partial charge on any atom is -0.494 e. The van der Waals surface area contributed by atoms with Crippen LogP contribution in [-0.4, -0.2) is 13.2 Å². The van der Waals surface area contributed by atoms with Gasteiger partial charge < -0.3 is 15.2 Å². The molecule has 0 heterocycles. The molecule has 0 spiro atoms. The summed E-state index contributed by atoms with van der Waals surface area (Å²) in [7, 11) is 0. The largest absolute Gasteiger partial charge is 0.494 e. The molecule has 2 N–H and O–H groups in total. The minimum absolute atomic E-state index is 0.471. The van der Waals surface area contributed by atoms with E-state index in [0.717, 1.165) is 23.5 Å². The van der Waals surface area contributed by atoms with E-state index in [1.165, 1.54) is 0 Å². The molecule has 2 aromatic rings. The van der Waals surface area contributed by atoms with Gasteiger partial charge in [0.2, 0.25) is 0 Å². The molecule has 4 nitrogen and oxygen atoms in total. The van der Waals surface area contributed by atoms with E-state index < -0.39 is 0 Å². The molecule has 0 aliphatic heterocycles. The zero-order chi connectivity index (χ0) is 14.9. The minimum atomic E-state index is 0.471. The third kappa shape index (κ3) is 4.83. The second-order valence-electron chi connectivity index (χ2n) is 4.56. The summed E-state index contributed by atoms with van der Waals surface area (Å²) < 4.78 is 11.2. The van der Waals surface area contributed by atoms with Crippen LogP contribution in [0.1, 0.15) is 17.5 Å². The van der Waals surface area contributed by atoms with Crippen molar-refractivity contribution in [3.05, 3.63) is 59.7 Å². The Morgan fingerprint density at radius 3 is 2.10 bits per heavy atom. The third-order valence-corrected chi connectivity index (χ3v) is 2.93. The second-order valence-corrected chi connectivity index (χ2v) is 4.56. The Morgan fingerprint density at radius 1 is 0.905 bits per heavy atom. The van der Waals surface area contributed by atoms with Gasteiger partial charge in [-0.3, -0.25) is 0 Å². The van der Waals surface area contributed by atoms with Gasteiger partial charge in [-0.1, -0.05) is 12.1 Å². The summed E-state index contributed by atoms with van der Waals surface area (Å²) in [6.07, 6.45) is 0.844. The molecule has 0 atom stereocenters. The SMILES string of the molecule is N#Cc1ccc(COc2ccc(OCCCN)cc2)cc1. The van der Waals surface area contributed by atoms with Crippen LogP contribution >= 0.6 is 0 Å². The molecule has 0 aliphatic carbocycles. The van der Waals surface area contributed by atoms with Crippen molar-refractivity contribution in [2.24, 2.45) is 5.73 Å². The van der Waals surface area contributed by atoms with Crippen LogP contribution in [0.3, 0.4) is 0 Å². The zero-order valence-corrected chi connectivity index (χ0v) is 11.8. The van der Waals surface area contributed by atoms with Gasteiger partial charge in [-0.15, -0.1) is 0 Å². The predicted octanol–water partition coefficient (Wildman–Crippen LogP) is 2.86. The first-order valence-corrected chi connectivity index (χ1v) is 6.86. The summed E-state index contributed by atoms with van der Waals surface area (Å²) in [6, 6.07) is 17.0. The van der Waals surface area contributed by atoms with Crippen LogP contribution in [0.25, 0.3) is 0 Å². The molecule has 108 valence electrons. The van der Waals surface area contributed by atoms with Crippen LogP contribution in [0.4, 0.5) is 0 Å². The lowest BCUT2D eigenvalue weighted by atomic mass is 10.2. The monoisotopic (exact) mass is 282 g/mol. The van der Waals surface area contributed by atoms with E-state index in [2.05, 4.69) is 6.07 Å². The molecule has 0 aliphatic rings. The number of hydrogen-bond acceptors (Lipinski definition) is 4. The van der Waals surface area contributed by atoms with E-state index in [9.17, 15) is 0 Å². The summed E-state index contributed by atoms with van der Waals surface area (Å²) in [5, 5.41) is 8.74. The van der Waals surface area contributed by atoms with Crippen molar-refractivity contribution < 1.29 is 9.47 Å². The average Bonchev–Trinajstić information content (AvgIpc) is 2.55. The third-order valence-electron chi connectivity index (χ3n) is 2.93. The van der Waals surface area contributed by atoms with Crippen LogP contribution in [0.15, 0.2) is 48.5 Å². The van der Waals surface area contributed by atoms with Crippen LogP contribution in [0.5, 0.6) is 11.5 Å². The predicted molar refractivity (Wildman–Crippen MR) is 81.1 cm³/mol. The number of ether oxygens (including phenoxy) is 2. The van der Waals surface area contributed by atoms with Crippen molar-refractivity contribution >= 4 is 0 Å². The first-order chi connectivity index (χ1) is 10.3. The van der Waals surface area contributed by atoms with Crippen molar-refractivity contribution in [1.82, 2.24) is 0 Å². The Bertz CT molecular complexity index is 586. The first kappa shape index (κ1) is 14.9. The molecule has 0 saturated heterocycles. The lowest BCUT2D eigenvalue weighted by Crippen LogP contribution is -2.06. The zero-order valence-electron chi connectivity index (χ0n) is 11.8. The molecular weight excluding hydrogens is 264 g/mol. The van der Waals surface area contributed by atoms with Gasteiger partial charge in [-0.05, 0) is 54.9 Å². The highest BCUT2D eigenvalue weighted by Crippen LogP contribution is 2.19. The average molecular weight is 282 g/mol. The fourth-order valence-corrected chi connectivity index (χ4v) is 1.75. The van der Waals surface area contributed by atoms with E-state index >= 15 is 0 Å². The van der Waals surface area contributed by atoms with Gasteiger partial charge in [0.1, 0.15) is 18.1 Å².